The lowest BCUT2D eigenvalue weighted by molar-refractivity contribution is -0.385. The van der Waals surface area contributed by atoms with Crippen LogP contribution < -0.4 is 5.32 Å². The molecular formula is C18H17ClN2O5. The number of carbonyl (C=O) groups excluding carboxylic acids is 2. The summed E-state index contributed by atoms with van der Waals surface area (Å²) in [5, 5.41) is 13.7. The molecule has 0 saturated heterocycles. The summed E-state index contributed by atoms with van der Waals surface area (Å²) in [5.74, 6) is -1.44. The van der Waals surface area contributed by atoms with E-state index in [4.69, 9.17) is 16.3 Å². The maximum Gasteiger partial charge on any atom is 0.345 e. The van der Waals surface area contributed by atoms with Crippen molar-refractivity contribution in [2.24, 2.45) is 0 Å². The van der Waals surface area contributed by atoms with Crippen molar-refractivity contribution in [3.63, 3.8) is 0 Å². The van der Waals surface area contributed by atoms with Gasteiger partial charge in [-0.1, -0.05) is 35.9 Å². The maximum atomic E-state index is 12.0. The molecule has 0 aliphatic carbocycles. The zero-order valence-corrected chi connectivity index (χ0v) is 14.8. The highest BCUT2D eigenvalue weighted by Crippen LogP contribution is 2.23. The fourth-order valence-corrected chi connectivity index (χ4v) is 2.48. The van der Waals surface area contributed by atoms with Gasteiger partial charge in [0.25, 0.3) is 11.6 Å². The summed E-state index contributed by atoms with van der Waals surface area (Å²) in [7, 11) is 0. The Balaban J connectivity index is 1.85. The highest BCUT2D eigenvalue weighted by Gasteiger charge is 2.22. The standard InChI is InChI=1S/C18H17ClN2O5/c1-12-4-2-3-5-13(12)8-9-20-17(22)11-26-18(23)15-7-6-14(19)10-16(15)21(24)25/h2-7,10H,8-9,11H2,1H3,(H,20,22). The second-order valence-electron chi connectivity index (χ2n) is 5.52. The van der Waals surface area contributed by atoms with Gasteiger partial charge in [-0.05, 0) is 36.6 Å². The summed E-state index contributed by atoms with van der Waals surface area (Å²) in [5.41, 5.74) is 1.51. The van der Waals surface area contributed by atoms with E-state index in [9.17, 15) is 19.7 Å². The minimum Gasteiger partial charge on any atom is -0.452 e. The van der Waals surface area contributed by atoms with Gasteiger partial charge in [0, 0.05) is 17.6 Å². The molecule has 0 spiro atoms. The maximum absolute atomic E-state index is 12.0. The van der Waals surface area contributed by atoms with Crippen molar-refractivity contribution in [1.82, 2.24) is 5.32 Å². The number of rotatable bonds is 7. The summed E-state index contributed by atoms with van der Waals surface area (Å²) >= 11 is 5.69. The third-order valence-electron chi connectivity index (χ3n) is 3.69. The molecule has 2 aromatic carbocycles. The van der Waals surface area contributed by atoms with Crippen LogP contribution in [0.4, 0.5) is 5.69 Å². The highest BCUT2D eigenvalue weighted by atomic mass is 35.5. The molecule has 0 bridgehead atoms. The molecule has 0 atom stereocenters. The summed E-state index contributed by atoms with van der Waals surface area (Å²) in [6.45, 7) is 1.85. The van der Waals surface area contributed by atoms with Gasteiger partial charge in [-0.25, -0.2) is 4.79 Å². The quantitative estimate of drug-likeness (QED) is 0.455. The number of nitro benzene ring substituents is 1. The Bertz CT molecular complexity index is 838. The van der Waals surface area contributed by atoms with Gasteiger partial charge < -0.3 is 10.1 Å². The van der Waals surface area contributed by atoms with Crippen LogP contribution in [0.2, 0.25) is 5.02 Å². The normalized spacial score (nSPS) is 10.2. The fourth-order valence-electron chi connectivity index (χ4n) is 2.32. The van der Waals surface area contributed by atoms with E-state index in [2.05, 4.69) is 5.32 Å². The number of halogens is 1. The third kappa shape index (κ3) is 5.29. The topological polar surface area (TPSA) is 98.5 Å². The lowest BCUT2D eigenvalue weighted by atomic mass is 10.1. The van der Waals surface area contributed by atoms with Crippen molar-refractivity contribution in [3.05, 3.63) is 74.3 Å². The molecule has 26 heavy (non-hydrogen) atoms. The Morgan fingerprint density at radius 2 is 1.96 bits per heavy atom. The number of benzene rings is 2. The van der Waals surface area contributed by atoms with Crippen LogP contribution in [-0.2, 0) is 16.0 Å². The monoisotopic (exact) mass is 376 g/mol. The molecule has 2 aromatic rings. The number of nitrogens with one attached hydrogen (secondary N) is 1. The van der Waals surface area contributed by atoms with Crippen molar-refractivity contribution in [1.29, 1.82) is 0 Å². The number of nitrogens with zero attached hydrogens (tertiary/aromatic N) is 1. The number of hydrogen-bond donors (Lipinski definition) is 1. The lowest BCUT2D eigenvalue weighted by Gasteiger charge is -2.08. The van der Waals surface area contributed by atoms with E-state index in [0.717, 1.165) is 17.2 Å². The summed E-state index contributed by atoms with van der Waals surface area (Å²) in [4.78, 5) is 34.0. The van der Waals surface area contributed by atoms with Crippen LogP contribution in [0.1, 0.15) is 21.5 Å². The van der Waals surface area contributed by atoms with Gasteiger partial charge in [0.1, 0.15) is 5.56 Å². The molecule has 0 radical (unpaired) electrons. The van der Waals surface area contributed by atoms with Gasteiger partial charge in [-0.15, -0.1) is 0 Å². The molecule has 0 heterocycles. The average molecular weight is 377 g/mol. The average Bonchev–Trinajstić information content (AvgIpc) is 2.61. The minimum atomic E-state index is -0.956. The summed E-state index contributed by atoms with van der Waals surface area (Å²) in [6.07, 6.45) is 0.648. The Morgan fingerprint density at radius 1 is 1.23 bits per heavy atom. The van der Waals surface area contributed by atoms with Crippen molar-refractivity contribution >= 4 is 29.2 Å². The molecule has 0 aliphatic rings. The summed E-state index contributed by atoms with van der Waals surface area (Å²) < 4.78 is 4.85. The van der Waals surface area contributed by atoms with Gasteiger partial charge in [0.05, 0.1) is 4.92 Å². The number of nitro groups is 1. The Hall–Kier alpha value is -2.93. The van der Waals surface area contributed by atoms with E-state index in [1.165, 1.54) is 12.1 Å². The molecule has 0 unspecified atom stereocenters. The van der Waals surface area contributed by atoms with Crippen LogP contribution >= 0.6 is 11.6 Å². The van der Waals surface area contributed by atoms with Crippen LogP contribution in [0.15, 0.2) is 42.5 Å². The highest BCUT2D eigenvalue weighted by molar-refractivity contribution is 6.31. The van der Waals surface area contributed by atoms with Crippen LogP contribution in [0.5, 0.6) is 0 Å². The van der Waals surface area contributed by atoms with E-state index in [1.807, 2.05) is 31.2 Å². The fraction of sp³-hybridized carbons (Fsp3) is 0.222. The predicted octanol–water partition coefficient (Wildman–Crippen LogP) is 3.07. The summed E-state index contributed by atoms with van der Waals surface area (Å²) in [6, 6.07) is 11.4. The van der Waals surface area contributed by atoms with Crippen LogP contribution in [0, 0.1) is 17.0 Å². The zero-order valence-electron chi connectivity index (χ0n) is 14.0. The Labute approximate surface area is 155 Å². The first kappa shape index (κ1) is 19.4. The SMILES string of the molecule is Cc1ccccc1CCNC(=O)COC(=O)c1ccc(Cl)cc1[N+](=O)[O-]. The van der Waals surface area contributed by atoms with Crippen molar-refractivity contribution in [2.45, 2.75) is 13.3 Å². The van der Waals surface area contributed by atoms with E-state index in [0.29, 0.717) is 13.0 Å². The van der Waals surface area contributed by atoms with Crippen molar-refractivity contribution < 1.29 is 19.2 Å². The van der Waals surface area contributed by atoms with Gasteiger partial charge >= 0.3 is 5.97 Å². The van der Waals surface area contributed by atoms with Crippen LogP contribution in [0.3, 0.4) is 0 Å². The van der Waals surface area contributed by atoms with E-state index in [1.54, 1.807) is 0 Å². The lowest BCUT2D eigenvalue weighted by Crippen LogP contribution is -2.30. The first-order valence-electron chi connectivity index (χ1n) is 7.80. The zero-order chi connectivity index (χ0) is 19.1. The number of amides is 1. The van der Waals surface area contributed by atoms with E-state index < -0.39 is 29.1 Å². The molecule has 1 N–H and O–H groups in total. The number of carbonyl (C=O) groups is 2. The second kappa shape index (κ2) is 8.96. The second-order valence-corrected chi connectivity index (χ2v) is 5.96. The first-order chi connectivity index (χ1) is 12.4. The van der Waals surface area contributed by atoms with Gasteiger partial charge in [0.15, 0.2) is 6.61 Å². The van der Waals surface area contributed by atoms with Crippen LogP contribution in [0.25, 0.3) is 0 Å². The van der Waals surface area contributed by atoms with Crippen molar-refractivity contribution in [3.8, 4) is 0 Å². The molecule has 0 fully saturated rings. The van der Waals surface area contributed by atoms with Gasteiger partial charge in [-0.2, -0.15) is 0 Å². The van der Waals surface area contributed by atoms with E-state index in [-0.39, 0.29) is 10.6 Å². The third-order valence-corrected chi connectivity index (χ3v) is 3.92. The minimum absolute atomic E-state index is 0.127. The number of hydrogen-bond acceptors (Lipinski definition) is 5. The number of ether oxygens (including phenoxy) is 1. The van der Waals surface area contributed by atoms with Gasteiger partial charge in [0.2, 0.25) is 0 Å². The molecule has 0 aliphatic heterocycles. The first-order valence-corrected chi connectivity index (χ1v) is 8.18. The molecule has 8 heteroatoms. The molecular weight excluding hydrogens is 360 g/mol. The smallest absolute Gasteiger partial charge is 0.345 e. The molecule has 0 saturated carbocycles. The molecule has 0 aromatic heterocycles. The van der Waals surface area contributed by atoms with Gasteiger partial charge in [-0.3, -0.25) is 14.9 Å². The Morgan fingerprint density at radius 3 is 2.65 bits per heavy atom. The number of esters is 1. The molecule has 7 nitrogen and oxygen atoms in total. The largest absolute Gasteiger partial charge is 0.452 e. The predicted molar refractivity (Wildman–Crippen MR) is 96.3 cm³/mol. The number of aryl methyl sites for hydroxylation is 1. The Kier molecular flexibility index (Phi) is 6.68. The molecule has 136 valence electrons. The van der Waals surface area contributed by atoms with Crippen LogP contribution in [-0.4, -0.2) is 30.0 Å². The molecule has 2 rings (SSSR count). The van der Waals surface area contributed by atoms with E-state index >= 15 is 0 Å². The van der Waals surface area contributed by atoms with Crippen molar-refractivity contribution in [2.75, 3.05) is 13.2 Å². The molecule has 1 amide bonds.